The monoisotopic (exact) mass is 486 g/mol. The Bertz CT molecular complexity index is 926. The van der Waals surface area contributed by atoms with Crippen LogP contribution in [-0.2, 0) is 13.6 Å². The quantitative estimate of drug-likeness (QED) is 0.597. The number of aromatic nitrogens is 2. The first-order valence-electron chi connectivity index (χ1n) is 11.3. The molecule has 0 bridgehead atoms. The van der Waals surface area contributed by atoms with Crippen molar-refractivity contribution in [2.45, 2.75) is 109 Å². The van der Waals surface area contributed by atoms with Gasteiger partial charge in [0.05, 0.1) is 6.61 Å². The number of aryl methyl sites for hydroxylation is 1. The van der Waals surface area contributed by atoms with Gasteiger partial charge in [-0.3, -0.25) is 14.3 Å². The number of nitrogens with zero attached hydrogens (tertiary/aromatic N) is 1. The molecular formula is C22H42N2O6Si2. The van der Waals surface area contributed by atoms with Crippen molar-refractivity contribution in [3.63, 3.8) is 0 Å². The van der Waals surface area contributed by atoms with E-state index in [1.165, 1.54) is 10.8 Å². The van der Waals surface area contributed by atoms with Gasteiger partial charge in [-0.2, -0.15) is 0 Å². The van der Waals surface area contributed by atoms with E-state index < -0.39 is 52.4 Å². The summed E-state index contributed by atoms with van der Waals surface area (Å²) in [6, 6.07) is 0. The van der Waals surface area contributed by atoms with Crippen molar-refractivity contribution < 1.29 is 18.7 Å². The number of aromatic amines is 1. The highest BCUT2D eigenvalue weighted by atomic mass is 28.4. The smallest absolute Gasteiger partial charge is 0.330 e. The lowest BCUT2D eigenvalue weighted by atomic mass is 10.1. The molecule has 1 aromatic rings. The van der Waals surface area contributed by atoms with E-state index in [0.29, 0.717) is 5.56 Å². The van der Waals surface area contributed by atoms with E-state index in [1.54, 1.807) is 6.92 Å². The second-order valence-corrected chi connectivity index (χ2v) is 21.5. The first-order chi connectivity index (χ1) is 14.3. The van der Waals surface area contributed by atoms with Gasteiger partial charge in [-0.25, -0.2) is 4.79 Å². The molecule has 0 saturated carbocycles. The Morgan fingerprint density at radius 2 is 1.59 bits per heavy atom. The fourth-order valence-corrected chi connectivity index (χ4v) is 5.31. The predicted octanol–water partition coefficient (Wildman–Crippen LogP) is 3.52. The summed E-state index contributed by atoms with van der Waals surface area (Å²) in [7, 11) is -4.38. The van der Waals surface area contributed by atoms with Crippen LogP contribution in [0.3, 0.4) is 0 Å². The van der Waals surface area contributed by atoms with Crippen molar-refractivity contribution in [1.82, 2.24) is 9.55 Å². The summed E-state index contributed by atoms with van der Waals surface area (Å²) in [4.78, 5) is 26.8. The van der Waals surface area contributed by atoms with Crippen LogP contribution in [0.5, 0.6) is 0 Å². The van der Waals surface area contributed by atoms with Crippen LogP contribution >= 0.6 is 0 Å². The Kier molecular flexibility index (Phi) is 7.61. The van der Waals surface area contributed by atoms with Crippen LogP contribution in [0, 0.1) is 6.92 Å². The van der Waals surface area contributed by atoms with Crippen LogP contribution in [0.1, 0.15) is 53.3 Å². The van der Waals surface area contributed by atoms with E-state index >= 15 is 0 Å². The van der Waals surface area contributed by atoms with E-state index in [0.717, 1.165) is 0 Å². The highest BCUT2D eigenvalue weighted by Gasteiger charge is 2.51. The number of aliphatic hydroxyl groups excluding tert-OH is 1. The molecule has 1 aliphatic rings. The maximum atomic E-state index is 12.6. The topological polar surface area (TPSA) is 103 Å². The average molecular weight is 487 g/mol. The Balaban J connectivity index is 2.42. The number of rotatable bonds is 6. The van der Waals surface area contributed by atoms with Gasteiger partial charge in [0.25, 0.3) is 5.56 Å². The molecule has 8 nitrogen and oxygen atoms in total. The molecule has 0 spiro atoms. The molecule has 1 aromatic heterocycles. The zero-order valence-electron chi connectivity index (χ0n) is 21.5. The van der Waals surface area contributed by atoms with Crippen LogP contribution in [0.15, 0.2) is 15.8 Å². The average Bonchev–Trinajstić information content (AvgIpc) is 2.90. The summed E-state index contributed by atoms with van der Waals surface area (Å²) in [6.45, 7) is 23.1. The molecule has 0 amide bonds. The molecule has 2 heterocycles. The summed E-state index contributed by atoms with van der Waals surface area (Å²) in [5, 5.41) is 11.2. The highest BCUT2D eigenvalue weighted by Crippen LogP contribution is 2.42. The maximum absolute atomic E-state index is 12.6. The standard InChI is InChI=1S/C22H42N2O6Si2/c1-14-12-24(20(27)23-18(14)26)19-17(30-32(10,11)22(5,6)7)16(25)15(29-19)13-28-31(8,9)21(2,3)4/h12,15-17,19,25H,13H2,1-11H3,(H,23,26,27)/t15-,16-,17-,19-/m1/s1. The number of H-pyrrole nitrogens is 1. The van der Waals surface area contributed by atoms with Gasteiger partial charge in [0.15, 0.2) is 22.9 Å². The molecule has 4 atom stereocenters. The largest absolute Gasteiger partial charge is 0.414 e. The van der Waals surface area contributed by atoms with Gasteiger partial charge in [-0.05, 0) is 43.2 Å². The Morgan fingerprint density at radius 3 is 2.09 bits per heavy atom. The van der Waals surface area contributed by atoms with Gasteiger partial charge in [-0.15, -0.1) is 0 Å². The molecule has 10 heteroatoms. The highest BCUT2D eigenvalue weighted by molar-refractivity contribution is 6.74. The SMILES string of the molecule is Cc1cn([C@@H]2O[C@H](CO[Si](C)(C)C(C)(C)C)[C@@H](O)[C@H]2O[Si](C)(C)C(C)(C)C)c(=O)[nH]c1=O. The summed E-state index contributed by atoms with van der Waals surface area (Å²) < 4.78 is 20.4. The van der Waals surface area contributed by atoms with Crippen LogP contribution in [0.2, 0.25) is 36.3 Å². The second-order valence-electron chi connectivity index (χ2n) is 11.9. The van der Waals surface area contributed by atoms with Crippen LogP contribution in [0.4, 0.5) is 0 Å². The zero-order chi connectivity index (χ0) is 24.9. The molecule has 1 fully saturated rings. The number of ether oxygens (including phenoxy) is 1. The van der Waals surface area contributed by atoms with Crippen molar-refractivity contribution in [2.24, 2.45) is 0 Å². The van der Waals surface area contributed by atoms with Crippen LogP contribution < -0.4 is 11.2 Å². The minimum atomic E-state index is -2.31. The van der Waals surface area contributed by atoms with Gasteiger partial charge in [-0.1, -0.05) is 41.5 Å². The lowest BCUT2D eigenvalue weighted by Crippen LogP contribution is -2.50. The maximum Gasteiger partial charge on any atom is 0.330 e. The third-order valence-electron chi connectivity index (χ3n) is 7.38. The molecule has 0 unspecified atom stereocenters. The third-order valence-corrected chi connectivity index (χ3v) is 16.4. The minimum absolute atomic E-state index is 0.0139. The Morgan fingerprint density at radius 1 is 1.06 bits per heavy atom. The van der Waals surface area contributed by atoms with Gasteiger partial charge in [0.2, 0.25) is 0 Å². The fraction of sp³-hybridized carbons (Fsp3) is 0.818. The minimum Gasteiger partial charge on any atom is -0.414 e. The molecule has 0 radical (unpaired) electrons. The molecule has 1 saturated heterocycles. The second kappa shape index (κ2) is 8.96. The third kappa shape index (κ3) is 5.53. The molecule has 32 heavy (non-hydrogen) atoms. The predicted molar refractivity (Wildman–Crippen MR) is 131 cm³/mol. The Hall–Kier alpha value is -1.05. The van der Waals surface area contributed by atoms with Crippen molar-refractivity contribution in [1.29, 1.82) is 0 Å². The molecule has 2 rings (SSSR count). The van der Waals surface area contributed by atoms with Crippen molar-refractivity contribution in [2.75, 3.05) is 6.61 Å². The normalized spacial score (nSPS) is 25.4. The van der Waals surface area contributed by atoms with Crippen LogP contribution in [0.25, 0.3) is 0 Å². The van der Waals surface area contributed by atoms with E-state index in [-0.39, 0.29) is 16.7 Å². The molecular weight excluding hydrogens is 444 g/mol. The summed E-state index contributed by atoms with van der Waals surface area (Å²) in [6.07, 6.45) is -1.78. The van der Waals surface area contributed by atoms with Crippen LogP contribution in [-0.4, -0.2) is 56.2 Å². The summed E-state index contributed by atoms with van der Waals surface area (Å²) in [5.41, 5.74) is -0.646. The summed E-state index contributed by atoms with van der Waals surface area (Å²) in [5.74, 6) is 0. The summed E-state index contributed by atoms with van der Waals surface area (Å²) >= 11 is 0. The van der Waals surface area contributed by atoms with Crippen molar-refractivity contribution in [3.05, 3.63) is 32.6 Å². The van der Waals surface area contributed by atoms with Gasteiger partial charge < -0.3 is 18.7 Å². The Labute approximate surface area is 193 Å². The molecule has 184 valence electrons. The number of hydrogen-bond donors (Lipinski definition) is 2. The van der Waals surface area contributed by atoms with Crippen molar-refractivity contribution in [3.8, 4) is 0 Å². The number of hydrogen-bond acceptors (Lipinski definition) is 6. The van der Waals surface area contributed by atoms with Gasteiger partial charge >= 0.3 is 5.69 Å². The van der Waals surface area contributed by atoms with Crippen molar-refractivity contribution >= 4 is 16.6 Å². The molecule has 2 N–H and O–H groups in total. The number of aliphatic hydroxyl groups is 1. The zero-order valence-corrected chi connectivity index (χ0v) is 23.5. The first-order valence-corrected chi connectivity index (χ1v) is 17.1. The number of nitrogens with one attached hydrogen (secondary N) is 1. The first kappa shape index (κ1) is 27.2. The fourth-order valence-electron chi connectivity index (χ4n) is 3.01. The molecule has 0 aromatic carbocycles. The molecule has 1 aliphatic heterocycles. The van der Waals surface area contributed by atoms with Gasteiger partial charge in [0, 0.05) is 11.8 Å². The van der Waals surface area contributed by atoms with E-state index in [1.807, 2.05) is 0 Å². The van der Waals surface area contributed by atoms with Gasteiger partial charge in [0.1, 0.15) is 18.3 Å². The van der Waals surface area contributed by atoms with E-state index in [9.17, 15) is 14.7 Å². The molecule has 0 aliphatic carbocycles. The van der Waals surface area contributed by atoms with E-state index in [2.05, 4.69) is 72.7 Å². The van der Waals surface area contributed by atoms with E-state index in [4.69, 9.17) is 13.6 Å². The lowest BCUT2D eigenvalue weighted by molar-refractivity contribution is -0.0515. The lowest BCUT2D eigenvalue weighted by Gasteiger charge is -2.40.